The number of halogens is 2. The largest absolute Gasteiger partial charge is 0.356 e. The van der Waals surface area contributed by atoms with Crippen LogP contribution in [0.1, 0.15) is 39.8 Å². The molecule has 2 aromatic carbocycles. The van der Waals surface area contributed by atoms with Gasteiger partial charge in [-0.2, -0.15) is 0 Å². The maximum atomic E-state index is 14.1. The highest BCUT2D eigenvalue weighted by Gasteiger charge is 2.33. The average molecular weight is 421 g/mol. The number of aromatic nitrogens is 3. The Hall–Kier alpha value is -2.92. The molecule has 0 saturated heterocycles. The van der Waals surface area contributed by atoms with Crippen LogP contribution in [0.3, 0.4) is 0 Å². The lowest BCUT2D eigenvalue weighted by Crippen LogP contribution is -2.37. The second-order valence-corrected chi connectivity index (χ2v) is 8.44. The van der Waals surface area contributed by atoms with Gasteiger partial charge in [-0.1, -0.05) is 41.4 Å². The van der Waals surface area contributed by atoms with E-state index in [4.69, 9.17) is 21.6 Å². The molecule has 30 heavy (non-hydrogen) atoms. The van der Waals surface area contributed by atoms with Gasteiger partial charge in [0.1, 0.15) is 5.82 Å². The number of H-pyrrole nitrogens is 1. The van der Waals surface area contributed by atoms with Gasteiger partial charge < -0.3 is 9.88 Å². The van der Waals surface area contributed by atoms with E-state index >= 15 is 0 Å². The predicted octanol–water partition coefficient (Wildman–Crippen LogP) is 5.83. The Labute approximate surface area is 179 Å². The summed E-state index contributed by atoms with van der Waals surface area (Å²) in [5.41, 5.74) is 7.22. The zero-order chi connectivity index (χ0) is 21.0. The summed E-state index contributed by atoms with van der Waals surface area (Å²) in [6.07, 6.45) is 0.802. The van der Waals surface area contributed by atoms with Gasteiger partial charge in [-0.15, -0.1) is 0 Å². The normalized spacial score (nSPS) is 16.2. The van der Waals surface area contributed by atoms with Crippen molar-refractivity contribution in [1.29, 1.82) is 0 Å². The number of aromatic amines is 1. The van der Waals surface area contributed by atoms with E-state index in [-0.39, 0.29) is 11.1 Å². The third kappa shape index (κ3) is 3.14. The van der Waals surface area contributed by atoms with Gasteiger partial charge in [0, 0.05) is 34.5 Å². The van der Waals surface area contributed by atoms with E-state index < -0.39 is 5.82 Å². The van der Waals surface area contributed by atoms with Gasteiger partial charge in [0.2, 0.25) is 5.95 Å². The van der Waals surface area contributed by atoms with E-state index in [1.807, 2.05) is 19.9 Å². The number of nitrogens with one attached hydrogen (secondary N) is 1. The molecule has 1 aliphatic rings. The summed E-state index contributed by atoms with van der Waals surface area (Å²) in [6.45, 7) is 6.81. The molecule has 1 aliphatic heterocycles. The zero-order valence-corrected chi connectivity index (χ0v) is 17.9. The van der Waals surface area contributed by atoms with Gasteiger partial charge in [0.25, 0.3) is 0 Å². The molecule has 1 N–H and O–H groups in total. The highest BCUT2D eigenvalue weighted by Crippen LogP contribution is 2.40. The van der Waals surface area contributed by atoms with Crippen LogP contribution in [0.4, 0.5) is 10.3 Å². The Morgan fingerprint density at radius 2 is 1.73 bits per heavy atom. The third-order valence-electron chi connectivity index (χ3n) is 5.79. The van der Waals surface area contributed by atoms with Crippen LogP contribution in [0, 0.1) is 26.6 Å². The Morgan fingerprint density at radius 1 is 1.03 bits per heavy atom. The lowest BCUT2D eigenvalue weighted by molar-refractivity contribution is 0.624. The van der Waals surface area contributed by atoms with Crippen LogP contribution in [0.5, 0.6) is 0 Å². The minimum Gasteiger partial charge on any atom is -0.356 e. The molecule has 6 heteroatoms. The van der Waals surface area contributed by atoms with Crippen LogP contribution in [-0.2, 0) is 6.42 Å². The van der Waals surface area contributed by atoms with E-state index in [1.165, 1.54) is 17.2 Å². The standard InChI is InChI=1S/C24H22ClFN4/c1-13-4-6-16(7-5-13)23-22-17(18-11-19(25)20(26)12-21(18)29-22)8-9-30(23)24-27-14(2)10-15(3)28-24/h4-7,10-12,23,29H,8-9H2,1-3H3. The summed E-state index contributed by atoms with van der Waals surface area (Å²) >= 11 is 6.10. The van der Waals surface area contributed by atoms with Crippen LogP contribution in [0.2, 0.25) is 5.02 Å². The number of hydrogen-bond acceptors (Lipinski definition) is 3. The number of nitrogens with zero attached hydrogens (tertiary/aromatic N) is 3. The quantitative estimate of drug-likeness (QED) is 0.444. The Morgan fingerprint density at radius 3 is 2.43 bits per heavy atom. The maximum Gasteiger partial charge on any atom is 0.226 e. The fraction of sp³-hybridized carbons (Fsp3) is 0.250. The van der Waals surface area contributed by atoms with Crippen molar-refractivity contribution >= 4 is 28.5 Å². The monoisotopic (exact) mass is 420 g/mol. The molecular weight excluding hydrogens is 399 g/mol. The fourth-order valence-corrected chi connectivity index (χ4v) is 4.60. The average Bonchev–Trinajstić information content (AvgIpc) is 3.05. The lowest BCUT2D eigenvalue weighted by Gasteiger charge is -2.36. The number of rotatable bonds is 2. The van der Waals surface area contributed by atoms with E-state index in [9.17, 15) is 4.39 Å². The first-order valence-corrected chi connectivity index (χ1v) is 10.4. The molecule has 0 bridgehead atoms. The van der Waals surface area contributed by atoms with Crippen molar-refractivity contribution in [2.24, 2.45) is 0 Å². The summed E-state index contributed by atoms with van der Waals surface area (Å²) < 4.78 is 14.1. The first-order chi connectivity index (χ1) is 14.4. The van der Waals surface area contributed by atoms with E-state index in [0.717, 1.165) is 46.5 Å². The summed E-state index contributed by atoms with van der Waals surface area (Å²) in [4.78, 5) is 15.2. The van der Waals surface area contributed by atoms with Crippen molar-refractivity contribution in [2.75, 3.05) is 11.4 Å². The van der Waals surface area contributed by atoms with Crippen LogP contribution < -0.4 is 4.90 Å². The molecule has 0 fully saturated rings. The second kappa shape index (κ2) is 7.10. The molecule has 4 nitrogen and oxygen atoms in total. The van der Waals surface area contributed by atoms with Gasteiger partial charge in [-0.25, -0.2) is 14.4 Å². The molecule has 0 amide bonds. The topological polar surface area (TPSA) is 44.8 Å². The molecule has 2 aromatic heterocycles. The minimum atomic E-state index is -0.413. The third-order valence-corrected chi connectivity index (χ3v) is 6.08. The van der Waals surface area contributed by atoms with E-state index in [2.05, 4.69) is 41.1 Å². The molecule has 4 aromatic rings. The summed E-state index contributed by atoms with van der Waals surface area (Å²) in [5.74, 6) is 0.302. The maximum absolute atomic E-state index is 14.1. The number of benzene rings is 2. The number of fused-ring (bicyclic) bond motifs is 3. The molecule has 1 unspecified atom stereocenters. The highest BCUT2D eigenvalue weighted by atomic mass is 35.5. The Bertz CT molecular complexity index is 1240. The number of anilines is 1. The molecule has 0 saturated carbocycles. The van der Waals surface area contributed by atoms with Crippen molar-refractivity contribution in [3.8, 4) is 0 Å². The molecule has 0 spiro atoms. The predicted molar refractivity (Wildman–Crippen MR) is 119 cm³/mol. The lowest BCUT2D eigenvalue weighted by atomic mass is 9.92. The van der Waals surface area contributed by atoms with E-state index in [1.54, 1.807) is 6.07 Å². The van der Waals surface area contributed by atoms with Gasteiger partial charge in [-0.05, 0) is 56.5 Å². The molecule has 1 atom stereocenters. The Kier molecular flexibility index (Phi) is 4.51. The van der Waals surface area contributed by atoms with Gasteiger partial charge >= 0.3 is 0 Å². The SMILES string of the molecule is Cc1ccc(C2c3[nH]c4cc(F)c(Cl)cc4c3CCN2c2nc(C)cc(C)n2)cc1. The summed E-state index contributed by atoms with van der Waals surface area (Å²) in [5, 5.41) is 1.13. The molecule has 3 heterocycles. The second-order valence-electron chi connectivity index (χ2n) is 8.04. The molecule has 5 rings (SSSR count). The first-order valence-electron chi connectivity index (χ1n) is 10.1. The smallest absolute Gasteiger partial charge is 0.226 e. The highest BCUT2D eigenvalue weighted by molar-refractivity contribution is 6.31. The van der Waals surface area contributed by atoms with E-state index in [0.29, 0.717) is 5.95 Å². The van der Waals surface area contributed by atoms with Crippen molar-refractivity contribution in [2.45, 2.75) is 33.2 Å². The van der Waals surface area contributed by atoms with Gasteiger partial charge in [0.05, 0.1) is 11.1 Å². The van der Waals surface area contributed by atoms with Crippen molar-refractivity contribution in [3.63, 3.8) is 0 Å². The minimum absolute atomic E-state index is 0.0928. The Balaban J connectivity index is 1.73. The van der Waals surface area contributed by atoms with Crippen molar-refractivity contribution < 1.29 is 4.39 Å². The zero-order valence-electron chi connectivity index (χ0n) is 17.1. The fourth-order valence-electron chi connectivity index (χ4n) is 4.43. The molecule has 0 radical (unpaired) electrons. The van der Waals surface area contributed by atoms with Crippen LogP contribution >= 0.6 is 11.6 Å². The van der Waals surface area contributed by atoms with Crippen molar-refractivity contribution in [3.05, 3.63) is 87.1 Å². The molecule has 0 aliphatic carbocycles. The number of aryl methyl sites for hydroxylation is 3. The summed E-state index contributed by atoms with van der Waals surface area (Å²) in [7, 11) is 0. The molecule has 152 valence electrons. The number of hydrogen-bond donors (Lipinski definition) is 1. The van der Waals surface area contributed by atoms with Gasteiger partial charge in [-0.3, -0.25) is 0 Å². The summed E-state index contributed by atoms with van der Waals surface area (Å²) in [6, 6.07) is 13.6. The van der Waals surface area contributed by atoms with Crippen molar-refractivity contribution in [1.82, 2.24) is 15.0 Å². The van der Waals surface area contributed by atoms with Crippen LogP contribution in [-0.4, -0.2) is 21.5 Å². The first kappa shape index (κ1) is 19.1. The molecular formula is C24H22ClFN4. The van der Waals surface area contributed by atoms with Gasteiger partial charge in [0.15, 0.2) is 0 Å². The van der Waals surface area contributed by atoms with Crippen LogP contribution in [0.25, 0.3) is 10.9 Å². The van der Waals surface area contributed by atoms with Crippen LogP contribution in [0.15, 0.2) is 42.5 Å².